The lowest BCUT2D eigenvalue weighted by Crippen LogP contribution is -2.23. The van der Waals surface area contributed by atoms with Crippen LogP contribution in [0.1, 0.15) is 57.9 Å². The summed E-state index contributed by atoms with van der Waals surface area (Å²) in [6.07, 6.45) is 9.18. The highest BCUT2D eigenvalue weighted by Crippen LogP contribution is 2.29. The van der Waals surface area contributed by atoms with Crippen molar-refractivity contribution in [1.29, 1.82) is 0 Å². The highest BCUT2D eigenvalue weighted by Gasteiger charge is 2.21. The van der Waals surface area contributed by atoms with E-state index in [1.165, 1.54) is 44.1 Å². The summed E-state index contributed by atoms with van der Waals surface area (Å²) in [5.41, 5.74) is 1.40. The van der Waals surface area contributed by atoms with Gasteiger partial charge >= 0.3 is 0 Å². The fourth-order valence-electron chi connectivity index (χ4n) is 3.11. The summed E-state index contributed by atoms with van der Waals surface area (Å²) in [6, 6.07) is 9.30. The minimum atomic E-state index is 0.433. The number of nitrogens with one attached hydrogen (secondary N) is 1. The molecule has 1 saturated carbocycles. The molecule has 0 amide bonds. The van der Waals surface area contributed by atoms with Crippen LogP contribution in [0.25, 0.3) is 0 Å². The van der Waals surface area contributed by atoms with Gasteiger partial charge in [0, 0.05) is 6.04 Å². The van der Waals surface area contributed by atoms with Crippen molar-refractivity contribution in [2.24, 2.45) is 5.92 Å². The van der Waals surface area contributed by atoms with Crippen LogP contribution in [0.15, 0.2) is 24.3 Å². The van der Waals surface area contributed by atoms with Crippen molar-refractivity contribution in [2.75, 3.05) is 7.05 Å². The molecular formula is C19H31NO. The van der Waals surface area contributed by atoms with Gasteiger partial charge in [0.15, 0.2) is 0 Å². The van der Waals surface area contributed by atoms with Gasteiger partial charge in [0.1, 0.15) is 5.75 Å². The van der Waals surface area contributed by atoms with Gasteiger partial charge in [0.2, 0.25) is 0 Å². The second-order valence-corrected chi connectivity index (χ2v) is 6.54. The van der Waals surface area contributed by atoms with Crippen molar-refractivity contribution < 1.29 is 4.74 Å². The number of ether oxygens (including phenoxy) is 1. The Kier molecular flexibility index (Phi) is 6.56. The molecule has 2 rings (SSSR count). The van der Waals surface area contributed by atoms with Crippen LogP contribution < -0.4 is 10.1 Å². The quantitative estimate of drug-likeness (QED) is 0.793. The lowest BCUT2D eigenvalue weighted by molar-refractivity contribution is 0.130. The first-order valence-corrected chi connectivity index (χ1v) is 8.64. The zero-order valence-corrected chi connectivity index (χ0v) is 13.9. The van der Waals surface area contributed by atoms with Crippen LogP contribution in [-0.4, -0.2) is 19.2 Å². The summed E-state index contributed by atoms with van der Waals surface area (Å²) in [4.78, 5) is 0. The number of benzene rings is 1. The van der Waals surface area contributed by atoms with Gasteiger partial charge in [-0.15, -0.1) is 0 Å². The van der Waals surface area contributed by atoms with E-state index in [0.29, 0.717) is 12.1 Å². The molecule has 118 valence electrons. The molecule has 1 aliphatic rings. The normalized spacial score (nSPS) is 23.8. The van der Waals surface area contributed by atoms with E-state index in [1.54, 1.807) is 0 Å². The standard InChI is InChI=1S/C19H31NO/c1-4-16-7-11-18(12-8-16)21-19-13-9-17(10-14-19)6-5-15(2)20-3/h9-10,13-16,18,20H,4-8,11-12H2,1-3H3. The number of hydrogen-bond donors (Lipinski definition) is 1. The van der Waals surface area contributed by atoms with E-state index >= 15 is 0 Å². The fraction of sp³-hybridized carbons (Fsp3) is 0.684. The third-order valence-electron chi connectivity index (χ3n) is 4.96. The van der Waals surface area contributed by atoms with Crippen LogP contribution in [0.2, 0.25) is 0 Å². The molecule has 0 aromatic heterocycles. The van der Waals surface area contributed by atoms with Crippen molar-refractivity contribution in [2.45, 2.75) is 70.9 Å². The Bertz CT molecular complexity index is 393. The summed E-state index contributed by atoms with van der Waals surface area (Å²) >= 11 is 0. The maximum atomic E-state index is 6.14. The van der Waals surface area contributed by atoms with Gasteiger partial charge in [-0.05, 0) is 76.1 Å². The van der Waals surface area contributed by atoms with Crippen LogP contribution in [-0.2, 0) is 6.42 Å². The van der Waals surface area contributed by atoms with E-state index in [9.17, 15) is 0 Å². The smallest absolute Gasteiger partial charge is 0.119 e. The summed E-state index contributed by atoms with van der Waals surface area (Å²) in [5.74, 6) is 1.97. The first-order valence-electron chi connectivity index (χ1n) is 8.64. The van der Waals surface area contributed by atoms with E-state index in [2.05, 4.69) is 43.4 Å². The predicted octanol–water partition coefficient (Wildman–Crippen LogP) is 4.57. The Labute approximate surface area is 130 Å². The molecular weight excluding hydrogens is 258 g/mol. The van der Waals surface area contributed by atoms with E-state index in [-0.39, 0.29) is 0 Å². The van der Waals surface area contributed by atoms with Gasteiger partial charge < -0.3 is 10.1 Å². The second-order valence-electron chi connectivity index (χ2n) is 6.54. The van der Waals surface area contributed by atoms with Crippen LogP contribution in [0.3, 0.4) is 0 Å². The SMILES string of the molecule is CCC1CCC(Oc2ccc(CCC(C)NC)cc2)CC1. The molecule has 0 saturated heterocycles. The molecule has 2 heteroatoms. The fourth-order valence-corrected chi connectivity index (χ4v) is 3.11. The Morgan fingerprint density at radius 2 is 1.81 bits per heavy atom. The minimum absolute atomic E-state index is 0.433. The van der Waals surface area contributed by atoms with Crippen LogP contribution in [0.5, 0.6) is 5.75 Å². The van der Waals surface area contributed by atoms with Gasteiger partial charge in [-0.2, -0.15) is 0 Å². The van der Waals surface area contributed by atoms with Crippen LogP contribution >= 0.6 is 0 Å². The molecule has 1 unspecified atom stereocenters. The zero-order chi connectivity index (χ0) is 15.1. The third-order valence-corrected chi connectivity index (χ3v) is 4.96. The van der Waals surface area contributed by atoms with Crippen molar-refractivity contribution in [3.8, 4) is 5.75 Å². The summed E-state index contributed by atoms with van der Waals surface area (Å²) < 4.78 is 6.14. The number of aryl methyl sites for hydroxylation is 1. The molecule has 0 radical (unpaired) electrons. The van der Waals surface area contributed by atoms with Crippen molar-refractivity contribution in [3.05, 3.63) is 29.8 Å². The monoisotopic (exact) mass is 289 g/mol. The summed E-state index contributed by atoms with van der Waals surface area (Å²) in [6.45, 7) is 4.53. The summed E-state index contributed by atoms with van der Waals surface area (Å²) in [7, 11) is 2.02. The molecule has 1 aromatic rings. The Morgan fingerprint density at radius 1 is 1.14 bits per heavy atom. The Hall–Kier alpha value is -1.02. The second kappa shape index (κ2) is 8.43. The van der Waals surface area contributed by atoms with E-state index in [0.717, 1.165) is 18.1 Å². The van der Waals surface area contributed by atoms with Crippen molar-refractivity contribution in [1.82, 2.24) is 5.32 Å². The molecule has 1 aliphatic carbocycles. The molecule has 0 aliphatic heterocycles. The third kappa shape index (κ3) is 5.35. The highest BCUT2D eigenvalue weighted by atomic mass is 16.5. The first kappa shape index (κ1) is 16.4. The lowest BCUT2D eigenvalue weighted by Gasteiger charge is -2.28. The van der Waals surface area contributed by atoms with Gasteiger partial charge in [-0.3, -0.25) is 0 Å². The Balaban J connectivity index is 1.77. The molecule has 1 fully saturated rings. The van der Waals surface area contributed by atoms with E-state index in [4.69, 9.17) is 4.74 Å². The topological polar surface area (TPSA) is 21.3 Å². The predicted molar refractivity (Wildman–Crippen MR) is 89.9 cm³/mol. The average molecular weight is 289 g/mol. The van der Waals surface area contributed by atoms with Gasteiger partial charge in [-0.25, -0.2) is 0 Å². The molecule has 2 nitrogen and oxygen atoms in total. The van der Waals surface area contributed by atoms with Crippen LogP contribution in [0.4, 0.5) is 0 Å². The average Bonchev–Trinajstić information content (AvgIpc) is 2.54. The molecule has 0 bridgehead atoms. The maximum Gasteiger partial charge on any atom is 0.119 e. The van der Waals surface area contributed by atoms with Crippen LogP contribution in [0, 0.1) is 5.92 Å². The van der Waals surface area contributed by atoms with E-state index < -0.39 is 0 Å². The lowest BCUT2D eigenvalue weighted by atomic mass is 9.86. The molecule has 1 aromatic carbocycles. The molecule has 21 heavy (non-hydrogen) atoms. The zero-order valence-electron chi connectivity index (χ0n) is 13.9. The molecule has 0 spiro atoms. The van der Waals surface area contributed by atoms with Gasteiger partial charge in [0.25, 0.3) is 0 Å². The van der Waals surface area contributed by atoms with Gasteiger partial charge in [-0.1, -0.05) is 25.5 Å². The largest absolute Gasteiger partial charge is 0.490 e. The molecule has 1 atom stereocenters. The number of hydrogen-bond acceptors (Lipinski definition) is 2. The molecule has 0 heterocycles. The van der Waals surface area contributed by atoms with Gasteiger partial charge in [0.05, 0.1) is 6.10 Å². The van der Waals surface area contributed by atoms with E-state index in [1.807, 2.05) is 7.05 Å². The van der Waals surface area contributed by atoms with Crippen molar-refractivity contribution in [3.63, 3.8) is 0 Å². The highest BCUT2D eigenvalue weighted by molar-refractivity contribution is 5.27. The molecule has 1 N–H and O–H groups in total. The Morgan fingerprint density at radius 3 is 2.38 bits per heavy atom. The maximum absolute atomic E-state index is 6.14. The summed E-state index contributed by atoms with van der Waals surface area (Å²) in [5, 5.41) is 3.28. The minimum Gasteiger partial charge on any atom is -0.490 e. The number of rotatable bonds is 7. The van der Waals surface area contributed by atoms with Crippen molar-refractivity contribution >= 4 is 0 Å². The first-order chi connectivity index (χ1) is 10.2.